The van der Waals surface area contributed by atoms with E-state index >= 15 is 0 Å². The van der Waals surface area contributed by atoms with Crippen LogP contribution in [0.4, 0.5) is 0 Å². The van der Waals surface area contributed by atoms with Gasteiger partial charge in [-0.05, 0) is 13.8 Å². The normalized spacial score (nSPS) is 12.9. The first-order valence-electron chi connectivity index (χ1n) is 2.53. The Kier molecular flexibility index (Phi) is 3.69. The third-order valence-electron chi connectivity index (χ3n) is 0.628. The summed E-state index contributed by atoms with van der Waals surface area (Å²) in [4.78, 5) is 10.4. The molecular formula is C5H10O2S. The zero-order valence-electron chi connectivity index (χ0n) is 5.05. The number of hydrogen-bond acceptors (Lipinski definition) is 3. The molecule has 2 nitrogen and oxygen atoms in total. The summed E-state index contributed by atoms with van der Waals surface area (Å²) < 4.78 is 4.59. The maximum absolute atomic E-state index is 10.4. The van der Waals surface area contributed by atoms with Crippen LogP contribution in [0.3, 0.4) is 0 Å². The minimum Gasteiger partial charge on any atom is -0.465 e. The summed E-state index contributed by atoms with van der Waals surface area (Å²) >= 11 is 3.85. The van der Waals surface area contributed by atoms with Gasteiger partial charge >= 0.3 is 5.97 Å². The Labute approximate surface area is 54.6 Å². The Morgan fingerprint density at radius 1 is 1.88 bits per heavy atom. The number of carbonyl (C=O) groups is 1. The number of hydrogen-bond donors (Lipinski definition) is 1. The monoisotopic (exact) mass is 134 g/mol. The number of rotatable bonds is 2. The first-order valence-corrected chi connectivity index (χ1v) is 3.04. The summed E-state index contributed by atoms with van der Waals surface area (Å²) in [5.41, 5.74) is 0. The Hall–Kier alpha value is -0.180. The topological polar surface area (TPSA) is 26.3 Å². The quantitative estimate of drug-likeness (QED) is 0.448. The average Bonchev–Trinajstić information content (AvgIpc) is 1.67. The number of esters is 1. The van der Waals surface area contributed by atoms with Crippen LogP contribution >= 0.6 is 12.6 Å². The molecule has 8 heavy (non-hydrogen) atoms. The second-order valence-corrected chi connectivity index (χ2v) is 2.20. The zero-order valence-corrected chi connectivity index (χ0v) is 5.94. The molecule has 0 aliphatic rings. The fraction of sp³-hybridized carbons (Fsp3) is 0.800. The molecule has 0 radical (unpaired) electrons. The van der Waals surface area contributed by atoms with Gasteiger partial charge in [0.15, 0.2) is 0 Å². The second kappa shape index (κ2) is 3.78. The lowest BCUT2D eigenvalue weighted by Gasteiger charge is -2.01. The third-order valence-corrected chi connectivity index (χ3v) is 0.839. The first kappa shape index (κ1) is 7.82. The molecule has 0 N–H and O–H groups in total. The maximum Gasteiger partial charge on any atom is 0.318 e. The van der Waals surface area contributed by atoms with Gasteiger partial charge in [0.25, 0.3) is 0 Å². The van der Waals surface area contributed by atoms with E-state index in [0.29, 0.717) is 6.61 Å². The molecule has 48 valence electrons. The van der Waals surface area contributed by atoms with Crippen molar-refractivity contribution < 1.29 is 9.53 Å². The van der Waals surface area contributed by atoms with Crippen LogP contribution in [-0.2, 0) is 9.53 Å². The van der Waals surface area contributed by atoms with E-state index < -0.39 is 0 Å². The van der Waals surface area contributed by atoms with Crippen LogP contribution in [-0.4, -0.2) is 17.8 Å². The van der Waals surface area contributed by atoms with E-state index in [1.807, 2.05) is 0 Å². The van der Waals surface area contributed by atoms with Gasteiger partial charge in [0.2, 0.25) is 0 Å². The van der Waals surface area contributed by atoms with Crippen molar-refractivity contribution >= 4 is 18.6 Å². The lowest BCUT2D eigenvalue weighted by atomic mass is 10.5. The van der Waals surface area contributed by atoms with Gasteiger partial charge in [-0.1, -0.05) is 0 Å². The Balaban J connectivity index is 3.33. The summed E-state index contributed by atoms with van der Waals surface area (Å²) in [5.74, 6) is -0.254. The lowest BCUT2D eigenvalue weighted by Crippen LogP contribution is -2.13. The van der Waals surface area contributed by atoms with E-state index in [2.05, 4.69) is 17.4 Å². The van der Waals surface area contributed by atoms with Gasteiger partial charge in [0, 0.05) is 0 Å². The van der Waals surface area contributed by atoms with Gasteiger partial charge in [-0.3, -0.25) is 4.79 Å². The van der Waals surface area contributed by atoms with Gasteiger partial charge in [-0.15, -0.1) is 0 Å². The van der Waals surface area contributed by atoms with Crippen LogP contribution in [0, 0.1) is 0 Å². The van der Waals surface area contributed by atoms with Gasteiger partial charge in [0.05, 0.1) is 11.9 Å². The SMILES string of the molecule is CCOC(=O)C(C)S. The molecule has 0 saturated carbocycles. The summed E-state index contributed by atoms with van der Waals surface area (Å²) in [5, 5.41) is -0.296. The molecule has 1 unspecified atom stereocenters. The van der Waals surface area contributed by atoms with E-state index in [4.69, 9.17) is 0 Å². The molecule has 0 heterocycles. The summed E-state index contributed by atoms with van der Waals surface area (Å²) in [7, 11) is 0. The number of carbonyl (C=O) groups excluding carboxylic acids is 1. The van der Waals surface area contributed by atoms with Crippen LogP contribution in [0.1, 0.15) is 13.8 Å². The van der Waals surface area contributed by atoms with Gasteiger partial charge < -0.3 is 4.74 Å². The highest BCUT2D eigenvalue weighted by Gasteiger charge is 2.06. The average molecular weight is 134 g/mol. The van der Waals surface area contributed by atoms with Crippen LogP contribution in [0.2, 0.25) is 0 Å². The Morgan fingerprint density at radius 2 is 2.38 bits per heavy atom. The van der Waals surface area contributed by atoms with Crippen molar-refractivity contribution in [3.8, 4) is 0 Å². The minimum atomic E-state index is -0.296. The van der Waals surface area contributed by atoms with Crippen molar-refractivity contribution in [3.63, 3.8) is 0 Å². The highest BCUT2D eigenvalue weighted by atomic mass is 32.1. The van der Waals surface area contributed by atoms with E-state index in [0.717, 1.165) is 0 Å². The predicted octanol–water partition coefficient (Wildman–Crippen LogP) is 0.868. The third kappa shape index (κ3) is 2.91. The predicted molar refractivity (Wildman–Crippen MR) is 35.1 cm³/mol. The van der Waals surface area contributed by atoms with Crippen molar-refractivity contribution in [1.82, 2.24) is 0 Å². The van der Waals surface area contributed by atoms with E-state index in [9.17, 15) is 4.79 Å². The summed E-state index contributed by atoms with van der Waals surface area (Å²) in [6.45, 7) is 3.89. The number of thiol groups is 1. The molecule has 1 atom stereocenters. The Morgan fingerprint density at radius 3 is 2.50 bits per heavy atom. The summed E-state index contributed by atoms with van der Waals surface area (Å²) in [6.07, 6.45) is 0. The highest BCUT2D eigenvalue weighted by Crippen LogP contribution is 1.94. The number of ether oxygens (including phenoxy) is 1. The van der Waals surface area contributed by atoms with Crippen molar-refractivity contribution in [2.24, 2.45) is 0 Å². The zero-order chi connectivity index (χ0) is 6.57. The molecule has 0 aliphatic heterocycles. The second-order valence-electron chi connectivity index (χ2n) is 1.43. The van der Waals surface area contributed by atoms with Crippen molar-refractivity contribution in [2.45, 2.75) is 19.1 Å². The smallest absolute Gasteiger partial charge is 0.318 e. The van der Waals surface area contributed by atoms with Gasteiger partial charge in [-0.25, -0.2) is 0 Å². The van der Waals surface area contributed by atoms with E-state index in [1.165, 1.54) is 0 Å². The molecule has 0 fully saturated rings. The van der Waals surface area contributed by atoms with Crippen molar-refractivity contribution in [2.75, 3.05) is 6.61 Å². The molecule has 0 saturated heterocycles. The molecular weight excluding hydrogens is 124 g/mol. The Bertz CT molecular complexity index is 80.5. The van der Waals surface area contributed by atoms with Crippen LogP contribution < -0.4 is 0 Å². The molecule has 0 aliphatic carbocycles. The van der Waals surface area contributed by atoms with E-state index in [1.54, 1.807) is 13.8 Å². The van der Waals surface area contributed by atoms with Crippen molar-refractivity contribution in [1.29, 1.82) is 0 Å². The molecule has 0 aromatic heterocycles. The van der Waals surface area contributed by atoms with Crippen LogP contribution in [0.25, 0.3) is 0 Å². The van der Waals surface area contributed by atoms with Gasteiger partial charge in [-0.2, -0.15) is 12.6 Å². The molecule has 0 rings (SSSR count). The maximum atomic E-state index is 10.4. The summed E-state index contributed by atoms with van der Waals surface area (Å²) in [6, 6.07) is 0. The van der Waals surface area contributed by atoms with Gasteiger partial charge in [0.1, 0.15) is 0 Å². The minimum absolute atomic E-state index is 0.254. The fourth-order valence-corrected chi connectivity index (χ4v) is 0.337. The largest absolute Gasteiger partial charge is 0.465 e. The molecule has 0 amide bonds. The molecule has 0 bridgehead atoms. The highest BCUT2D eigenvalue weighted by molar-refractivity contribution is 7.81. The van der Waals surface area contributed by atoms with E-state index in [-0.39, 0.29) is 11.2 Å². The van der Waals surface area contributed by atoms with Crippen molar-refractivity contribution in [3.05, 3.63) is 0 Å². The molecule has 3 heteroatoms. The fourth-order valence-electron chi connectivity index (χ4n) is 0.263. The molecule has 0 aromatic rings. The van der Waals surface area contributed by atoms with Crippen LogP contribution in [0.15, 0.2) is 0 Å². The molecule has 0 spiro atoms. The van der Waals surface area contributed by atoms with Crippen LogP contribution in [0.5, 0.6) is 0 Å². The standard InChI is InChI=1S/C5H10O2S/c1-3-7-5(6)4(2)8/h4,8H,3H2,1-2H3. The molecule has 0 aromatic carbocycles. The lowest BCUT2D eigenvalue weighted by molar-refractivity contribution is -0.142. The first-order chi connectivity index (χ1) is 3.68.